The van der Waals surface area contributed by atoms with Crippen molar-refractivity contribution < 1.29 is 4.79 Å². The number of nitrogens with zero attached hydrogens (tertiary/aromatic N) is 4. The van der Waals surface area contributed by atoms with Crippen LogP contribution in [0.15, 0.2) is 41.6 Å². The summed E-state index contributed by atoms with van der Waals surface area (Å²) in [7, 11) is 0. The van der Waals surface area contributed by atoms with Crippen molar-refractivity contribution in [3.63, 3.8) is 0 Å². The Morgan fingerprint density at radius 1 is 1.32 bits per heavy atom. The maximum absolute atomic E-state index is 11.9. The second-order valence-electron chi connectivity index (χ2n) is 5.99. The third-order valence-electron chi connectivity index (χ3n) is 3.64. The first-order chi connectivity index (χ1) is 13.6. The molecule has 7 heteroatoms. The molecule has 28 heavy (non-hydrogen) atoms. The van der Waals surface area contributed by atoms with Crippen molar-refractivity contribution in [2.75, 3.05) is 6.54 Å². The average molecular weight is 402 g/mol. The van der Waals surface area contributed by atoms with Gasteiger partial charge in [0.25, 0.3) is 5.91 Å². The van der Waals surface area contributed by atoms with Crippen LogP contribution >= 0.6 is 11.3 Å². The molecular formula is C21H31N5OS. The zero-order valence-electron chi connectivity index (χ0n) is 17.3. The third kappa shape index (κ3) is 7.60. The Hall–Kier alpha value is -2.54. The molecule has 2 rings (SSSR count). The lowest BCUT2D eigenvalue weighted by Crippen LogP contribution is -2.24. The van der Waals surface area contributed by atoms with Crippen molar-refractivity contribution in [1.29, 1.82) is 0 Å². The summed E-state index contributed by atoms with van der Waals surface area (Å²) in [6.45, 7) is 12.7. The molecule has 0 atom stereocenters. The van der Waals surface area contributed by atoms with Gasteiger partial charge in [-0.3, -0.25) is 9.79 Å². The van der Waals surface area contributed by atoms with Gasteiger partial charge in [-0.2, -0.15) is 5.10 Å². The normalized spacial score (nSPS) is 11.2. The zero-order valence-corrected chi connectivity index (χ0v) is 18.1. The second kappa shape index (κ2) is 13.6. The Bertz CT molecular complexity index is 786. The van der Waals surface area contributed by atoms with Crippen LogP contribution in [0.2, 0.25) is 0 Å². The average Bonchev–Trinajstić information content (AvgIpc) is 3.37. The molecule has 0 bridgehead atoms. The zero-order chi connectivity index (χ0) is 20.8. The topological polar surface area (TPSA) is 72.2 Å². The van der Waals surface area contributed by atoms with E-state index in [1.165, 1.54) is 30.6 Å². The smallest absolute Gasteiger partial charge is 0.270 e. The number of amides is 1. The van der Waals surface area contributed by atoms with Gasteiger partial charge in [-0.25, -0.2) is 9.67 Å². The van der Waals surface area contributed by atoms with Gasteiger partial charge in [0.05, 0.1) is 18.1 Å². The Balaban J connectivity index is 0.000000696. The van der Waals surface area contributed by atoms with Crippen molar-refractivity contribution in [2.45, 2.75) is 53.4 Å². The van der Waals surface area contributed by atoms with Gasteiger partial charge in [0, 0.05) is 29.9 Å². The minimum atomic E-state index is -0.147. The van der Waals surface area contributed by atoms with Gasteiger partial charge in [-0.1, -0.05) is 46.6 Å². The molecule has 1 N–H and O–H groups in total. The highest BCUT2D eigenvalue weighted by Crippen LogP contribution is 2.24. The lowest BCUT2D eigenvalue weighted by Gasteiger charge is -1.99. The van der Waals surface area contributed by atoms with E-state index >= 15 is 0 Å². The monoisotopic (exact) mass is 401 g/mol. The molecular weight excluding hydrogens is 370 g/mol. The fraction of sp³-hybridized carbons (Fsp3) is 0.429. The number of carbonyl (C=O) groups excluding carboxylic acids is 1. The number of unbranched alkanes of at least 4 members (excludes halogenated alkanes) is 2. The van der Waals surface area contributed by atoms with E-state index in [0.29, 0.717) is 12.2 Å². The molecule has 0 aromatic carbocycles. The maximum atomic E-state index is 11.9. The summed E-state index contributed by atoms with van der Waals surface area (Å²) in [6.07, 6.45) is 13.6. The van der Waals surface area contributed by atoms with Crippen LogP contribution in [-0.2, 0) is 0 Å². The quantitative estimate of drug-likeness (QED) is 0.450. The van der Waals surface area contributed by atoms with Crippen molar-refractivity contribution in [3.05, 3.63) is 42.3 Å². The number of aromatic nitrogens is 3. The largest absolute Gasteiger partial charge is 0.351 e. The molecule has 2 aromatic heterocycles. The standard InChI is InChI=1S/C16H19N5OS.C5H12/c1-4-7-18-15(22)14-11-23-16(20-14)12-8-19-21(10-12)13(5-2)9-17-6-3;1-3-5-4-2/h5-6,8-11H,2,4,7H2,1,3H3,(H,18,22);3-5H2,1-2H3/b13-9+,17-6?;. The highest BCUT2D eigenvalue weighted by atomic mass is 32.1. The first-order valence-corrected chi connectivity index (χ1v) is 10.6. The molecule has 0 radical (unpaired) electrons. The van der Waals surface area contributed by atoms with E-state index in [9.17, 15) is 4.79 Å². The Morgan fingerprint density at radius 3 is 2.64 bits per heavy atom. The summed E-state index contributed by atoms with van der Waals surface area (Å²) in [6, 6.07) is 0. The van der Waals surface area contributed by atoms with Crippen LogP contribution in [0, 0.1) is 0 Å². The fourth-order valence-corrected chi connectivity index (χ4v) is 2.90. The highest BCUT2D eigenvalue weighted by molar-refractivity contribution is 7.13. The van der Waals surface area contributed by atoms with Crippen molar-refractivity contribution in [3.8, 4) is 10.6 Å². The van der Waals surface area contributed by atoms with Gasteiger partial charge in [-0.15, -0.1) is 11.3 Å². The molecule has 0 aliphatic rings. The number of rotatable bonds is 9. The lowest BCUT2D eigenvalue weighted by atomic mass is 10.3. The molecule has 152 valence electrons. The number of carbonyl (C=O) groups is 1. The lowest BCUT2D eigenvalue weighted by molar-refractivity contribution is 0.0949. The molecule has 2 heterocycles. The number of hydrogen-bond donors (Lipinski definition) is 1. The Kier molecular flexibility index (Phi) is 11.4. The molecule has 0 aliphatic heterocycles. The van der Waals surface area contributed by atoms with Crippen LogP contribution < -0.4 is 5.32 Å². The van der Waals surface area contributed by atoms with Gasteiger partial charge in [0.2, 0.25) is 0 Å². The van der Waals surface area contributed by atoms with Gasteiger partial charge in [0.1, 0.15) is 10.7 Å². The number of nitrogens with one attached hydrogen (secondary N) is 1. The van der Waals surface area contributed by atoms with Crippen LogP contribution in [0.1, 0.15) is 63.9 Å². The molecule has 0 unspecified atom stereocenters. The van der Waals surface area contributed by atoms with E-state index in [-0.39, 0.29) is 5.91 Å². The van der Waals surface area contributed by atoms with Crippen LogP contribution in [0.3, 0.4) is 0 Å². The van der Waals surface area contributed by atoms with Crippen molar-refractivity contribution >= 4 is 29.2 Å². The van der Waals surface area contributed by atoms with E-state index in [0.717, 1.165) is 22.7 Å². The molecule has 0 saturated carbocycles. The summed E-state index contributed by atoms with van der Waals surface area (Å²) in [4.78, 5) is 20.3. The summed E-state index contributed by atoms with van der Waals surface area (Å²) in [5.74, 6) is -0.147. The summed E-state index contributed by atoms with van der Waals surface area (Å²) < 4.78 is 1.67. The van der Waals surface area contributed by atoms with Crippen molar-refractivity contribution in [2.24, 2.45) is 4.99 Å². The molecule has 0 spiro atoms. The Labute approximate surface area is 172 Å². The first-order valence-electron chi connectivity index (χ1n) is 9.70. The third-order valence-corrected chi connectivity index (χ3v) is 4.53. The number of thiazole rings is 1. The second-order valence-corrected chi connectivity index (χ2v) is 6.84. The van der Waals surface area contributed by atoms with E-state index < -0.39 is 0 Å². The van der Waals surface area contributed by atoms with E-state index in [1.54, 1.807) is 34.7 Å². The molecule has 1 amide bonds. The van der Waals surface area contributed by atoms with Crippen LogP contribution in [-0.4, -0.2) is 33.4 Å². The minimum absolute atomic E-state index is 0.147. The summed E-state index contributed by atoms with van der Waals surface area (Å²) in [5.41, 5.74) is 2.03. The predicted molar refractivity (Wildman–Crippen MR) is 120 cm³/mol. The summed E-state index contributed by atoms with van der Waals surface area (Å²) in [5, 5.41) is 9.61. The SMILES string of the molecule is C=C/C(=C\N=CC)n1cc(-c2nc(C(=O)NCCC)cs2)cn1.CCCCC. The highest BCUT2D eigenvalue weighted by Gasteiger charge is 2.12. The number of hydrogen-bond acceptors (Lipinski definition) is 5. The molecule has 0 saturated heterocycles. The molecule has 6 nitrogen and oxygen atoms in total. The predicted octanol–water partition coefficient (Wildman–Crippen LogP) is 5.42. The van der Waals surface area contributed by atoms with Gasteiger partial charge < -0.3 is 5.32 Å². The fourth-order valence-electron chi connectivity index (χ4n) is 2.12. The van der Waals surface area contributed by atoms with E-state index in [4.69, 9.17) is 0 Å². The number of aliphatic imine (C=N–C) groups is 1. The van der Waals surface area contributed by atoms with E-state index in [2.05, 4.69) is 40.8 Å². The maximum Gasteiger partial charge on any atom is 0.270 e. The van der Waals surface area contributed by atoms with Crippen molar-refractivity contribution in [1.82, 2.24) is 20.1 Å². The van der Waals surface area contributed by atoms with Crippen LogP contribution in [0.5, 0.6) is 0 Å². The van der Waals surface area contributed by atoms with Gasteiger partial charge >= 0.3 is 0 Å². The number of allylic oxidation sites excluding steroid dienone is 2. The van der Waals surface area contributed by atoms with Gasteiger partial charge in [-0.05, 0) is 19.4 Å². The van der Waals surface area contributed by atoms with Gasteiger partial charge in [0.15, 0.2) is 0 Å². The molecule has 0 aliphatic carbocycles. The van der Waals surface area contributed by atoms with E-state index in [1.807, 2.05) is 20.0 Å². The minimum Gasteiger partial charge on any atom is -0.351 e. The van der Waals surface area contributed by atoms with Crippen LogP contribution in [0.4, 0.5) is 0 Å². The first kappa shape index (κ1) is 23.5. The Morgan fingerprint density at radius 2 is 2.07 bits per heavy atom. The summed E-state index contributed by atoms with van der Waals surface area (Å²) >= 11 is 1.41. The molecule has 2 aromatic rings. The molecule has 0 fully saturated rings. The van der Waals surface area contributed by atoms with Crippen LogP contribution in [0.25, 0.3) is 16.3 Å².